The molecule has 110 valence electrons. The predicted molar refractivity (Wildman–Crippen MR) is 75.2 cm³/mol. The molecule has 7 nitrogen and oxygen atoms in total. The fourth-order valence-corrected chi connectivity index (χ4v) is 2.88. The summed E-state index contributed by atoms with van der Waals surface area (Å²) in [4.78, 5) is 15.8. The van der Waals surface area contributed by atoms with E-state index in [0.717, 1.165) is 5.56 Å². The Morgan fingerprint density at radius 1 is 1.52 bits per heavy atom. The highest BCUT2D eigenvalue weighted by Crippen LogP contribution is 2.38. The van der Waals surface area contributed by atoms with Crippen molar-refractivity contribution in [3.05, 3.63) is 35.7 Å². The third-order valence-electron chi connectivity index (χ3n) is 3.82. The average Bonchev–Trinajstić information content (AvgIpc) is 2.86. The number of hydrogen-bond acceptors (Lipinski definition) is 5. The number of ether oxygens (including phenoxy) is 1. The Morgan fingerprint density at radius 3 is 3.05 bits per heavy atom. The Morgan fingerprint density at radius 2 is 2.33 bits per heavy atom. The molecule has 7 heteroatoms. The molecular formula is C14H16N4O3. The summed E-state index contributed by atoms with van der Waals surface area (Å²) in [6.07, 6.45) is 1.33. The maximum Gasteiger partial charge on any atom is 0.329 e. The Hall–Kier alpha value is -2.57. The van der Waals surface area contributed by atoms with Crippen LogP contribution in [0.3, 0.4) is 0 Å². The summed E-state index contributed by atoms with van der Waals surface area (Å²) in [6.45, 7) is 0. The van der Waals surface area contributed by atoms with Crippen molar-refractivity contribution < 1.29 is 14.6 Å². The number of anilines is 1. The molecule has 0 radical (unpaired) electrons. The maximum absolute atomic E-state index is 11.7. The van der Waals surface area contributed by atoms with Crippen LogP contribution in [-0.2, 0) is 11.2 Å². The molecule has 0 fully saturated rings. The lowest BCUT2D eigenvalue weighted by Crippen LogP contribution is -2.32. The lowest BCUT2D eigenvalue weighted by atomic mass is 9.85. The van der Waals surface area contributed by atoms with Crippen molar-refractivity contribution in [1.29, 1.82) is 0 Å². The summed E-state index contributed by atoms with van der Waals surface area (Å²) >= 11 is 0. The van der Waals surface area contributed by atoms with E-state index in [1.165, 1.54) is 4.68 Å². The van der Waals surface area contributed by atoms with E-state index in [-0.39, 0.29) is 11.9 Å². The highest BCUT2D eigenvalue weighted by molar-refractivity contribution is 5.73. The van der Waals surface area contributed by atoms with Gasteiger partial charge in [0.15, 0.2) is 6.04 Å². The summed E-state index contributed by atoms with van der Waals surface area (Å²) in [5.41, 5.74) is 6.51. The van der Waals surface area contributed by atoms with Gasteiger partial charge in [0.05, 0.1) is 7.11 Å². The third-order valence-corrected chi connectivity index (χ3v) is 3.82. The minimum atomic E-state index is -0.936. The number of aliphatic carboxylic acids is 1. The van der Waals surface area contributed by atoms with Gasteiger partial charge in [-0.2, -0.15) is 4.98 Å². The van der Waals surface area contributed by atoms with Crippen LogP contribution in [0.2, 0.25) is 0 Å². The monoisotopic (exact) mass is 288 g/mol. The number of methoxy groups -OCH3 is 1. The molecule has 1 aromatic heterocycles. The van der Waals surface area contributed by atoms with Crippen molar-refractivity contribution in [2.75, 3.05) is 12.8 Å². The fourth-order valence-electron chi connectivity index (χ4n) is 2.88. The van der Waals surface area contributed by atoms with Crippen molar-refractivity contribution in [3.8, 4) is 5.75 Å². The third kappa shape index (κ3) is 2.31. The van der Waals surface area contributed by atoms with E-state index in [4.69, 9.17) is 10.5 Å². The maximum atomic E-state index is 11.7. The van der Waals surface area contributed by atoms with Crippen molar-refractivity contribution in [1.82, 2.24) is 14.8 Å². The number of carboxylic acids is 1. The van der Waals surface area contributed by atoms with E-state index in [0.29, 0.717) is 24.4 Å². The zero-order valence-electron chi connectivity index (χ0n) is 11.6. The molecule has 1 aromatic carbocycles. The topological polar surface area (TPSA) is 103 Å². The summed E-state index contributed by atoms with van der Waals surface area (Å²) in [7, 11) is 1.59. The van der Waals surface area contributed by atoms with E-state index >= 15 is 0 Å². The second kappa shape index (κ2) is 5.08. The van der Waals surface area contributed by atoms with Crippen LogP contribution < -0.4 is 10.5 Å². The van der Waals surface area contributed by atoms with Gasteiger partial charge in [-0.05, 0) is 24.1 Å². The molecule has 0 amide bonds. The lowest BCUT2D eigenvalue weighted by Gasteiger charge is -2.29. The number of carbonyl (C=O) groups is 1. The van der Waals surface area contributed by atoms with Crippen LogP contribution in [0.5, 0.6) is 5.75 Å². The number of rotatable bonds is 3. The standard InChI is InChI=1S/C14H16N4O3/c1-21-9-4-2-3-8(7-9)10-5-6-11-16-14(15)17-18(11)12(10)13(19)20/h2-4,7,10,12H,5-6H2,1H3,(H2,15,17)(H,19,20). The van der Waals surface area contributed by atoms with Gasteiger partial charge in [0.2, 0.25) is 5.95 Å². The normalized spacial score (nSPS) is 20.8. The van der Waals surface area contributed by atoms with Gasteiger partial charge < -0.3 is 15.6 Å². The molecule has 0 aliphatic carbocycles. The minimum absolute atomic E-state index is 0.113. The van der Waals surface area contributed by atoms with Gasteiger partial charge >= 0.3 is 5.97 Å². The molecule has 2 heterocycles. The minimum Gasteiger partial charge on any atom is -0.497 e. The zero-order valence-corrected chi connectivity index (χ0v) is 11.6. The van der Waals surface area contributed by atoms with E-state index in [1.54, 1.807) is 7.11 Å². The van der Waals surface area contributed by atoms with E-state index in [2.05, 4.69) is 10.1 Å². The Kier molecular flexibility index (Phi) is 3.25. The molecule has 2 aromatic rings. The highest BCUT2D eigenvalue weighted by atomic mass is 16.5. The molecule has 21 heavy (non-hydrogen) atoms. The second-order valence-electron chi connectivity index (χ2n) is 5.04. The van der Waals surface area contributed by atoms with Crippen molar-refractivity contribution in [3.63, 3.8) is 0 Å². The van der Waals surface area contributed by atoms with Crippen LogP contribution in [-0.4, -0.2) is 33.0 Å². The van der Waals surface area contributed by atoms with Crippen molar-refractivity contribution >= 4 is 11.9 Å². The number of hydrogen-bond donors (Lipinski definition) is 2. The number of aryl methyl sites for hydroxylation is 1. The largest absolute Gasteiger partial charge is 0.497 e. The summed E-state index contributed by atoms with van der Waals surface area (Å²) in [5, 5.41) is 13.6. The summed E-state index contributed by atoms with van der Waals surface area (Å²) in [6, 6.07) is 6.67. The molecule has 0 spiro atoms. The van der Waals surface area contributed by atoms with Crippen LogP contribution in [0.1, 0.15) is 29.8 Å². The Labute approximate surface area is 121 Å². The SMILES string of the molecule is COc1cccc(C2CCc3nc(N)nn3C2C(=O)O)c1. The number of nitrogens with two attached hydrogens (primary N) is 1. The predicted octanol–water partition coefficient (Wildman–Crippen LogP) is 1.22. The van der Waals surface area contributed by atoms with Gasteiger partial charge in [-0.1, -0.05) is 12.1 Å². The number of nitrogen functional groups attached to an aromatic ring is 1. The highest BCUT2D eigenvalue weighted by Gasteiger charge is 2.37. The number of aromatic nitrogens is 3. The second-order valence-corrected chi connectivity index (χ2v) is 5.04. The van der Waals surface area contributed by atoms with E-state index in [9.17, 15) is 9.90 Å². The summed E-state index contributed by atoms with van der Waals surface area (Å²) < 4.78 is 6.65. The number of carboxylic acid groups (broad SMARTS) is 1. The van der Waals surface area contributed by atoms with Crippen molar-refractivity contribution in [2.45, 2.75) is 24.8 Å². The van der Waals surface area contributed by atoms with Crippen LogP contribution in [0, 0.1) is 0 Å². The molecule has 0 saturated carbocycles. The van der Waals surface area contributed by atoms with Crippen LogP contribution in [0.15, 0.2) is 24.3 Å². The van der Waals surface area contributed by atoms with Crippen LogP contribution in [0.25, 0.3) is 0 Å². The van der Waals surface area contributed by atoms with Gasteiger partial charge in [-0.3, -0.25) is 0 Å². The first-order chi connectivity index (χ1) is 10.1. The molecule has 2 unspecified atom stereocenters. The molecule has 0 saturated heterocycles. The van der Waals surface area contributed by atoms with Gasteiger partial charge in [-0.25, -0.2) is 9.48 Å². The van der Waals surface area contributed by atoms with Crippen LogP contribution in [0.4, 0.5) is 5.95 Å². The number of fused-ring (bicyclic) bond motifs is 1. The quantitative estimate of drug-likeness (QED) is 0.880. The first-order valence-corrected chi connectivity index (χ1v) is 6.68. The first kappa shape index (κ1) is 13.4. The molecule has 3 N–H and O–H groups in total. The van der Waals surface area contributed by atoms with E-state index < -0.39 is 12.0 Å². The van der Waals surface area contributed by atoms with Gasteiger partial charge in [0, 0.05) is 12.3 Å². The Bertz CT molecular complexity index is 683. The number of nitrogens with zero attached hydrogens (tertiary/aromatic N) is 3. The molecule has 1 aliphatic heterocycles. The van der Waals surface area contributed by atoms with Gasteiger partial charge in [0.1, 0.15) is 11.6 Å². The zero-order chi connectivity index (χ0) is 15.0. The van der Waals surface area contributed by atoms with Gasteiger partial charge in [-0.15, -0.1) is 5.10 Å². The molecule has 2 atom stereocenters. The van der Waals surface area contributed by atoms with Gasteiger partial charge in [0.25, 0.3) is 0 Å². The lowest BCUT2D eigenvalue weighted by molar-refractivity contribution is -0.142. The molecule has 0 bridgehead atoms. The smallest absolute Gasteiger partial charge is 0.329 e. The molecule has 1 aliphatic rings. The van der Waals surface area contributed by atoms with Crippen molar-refractivity contribution in [2.24, 2.45) is 0 Å². The van der Waals surface area contributed by atoms with E-state index in [1.807, 2.05) is 24.3 Å². The first-order valence-electron chi connectivity index (χ1n) is 6.68. The summed E-state index contributed by atoms with van der Waals surface area (Å²) in [5.74, 6) is 0.321. The number of benzene rings is 1. The average molecular weight is 288 g/mol. The molecular weight excluding hydrogens is 272 g/mol. The molecule has 3 rings (SSSR count). The van der Waals surface area contributed by atoms with Crippen LogP contribution >= 0.6 is 0 Å². The fraction of sp³-hybridized carbons (Fsp3) is 0.357. The Balaban J connectivity index is 2.04.